The van der Waals surface area contributed by atoms with Crippen molar-refractivity contribution in [1.29, 1.82) is 0 Å². The monoisotopic (exact) mass is 247 g/mol. The number of rotatable bonds is 4. The van der Waals surface area contributed by atoms with E-state index in [9.17, 15) is 4.79 Å². The number of amides is 1. The largest absolute Gasteiger partial charge is 0.497 e. The fourth-order valence-corrected chi connectivity index (χ4v) is 1.65. The molecule has 1 aromatic carbocycles. The minimum Gasteiger partial charge on any atom is -0.497 e. The van der Waals surface area contributed by atoms with Gasteiger partial charge in [-0.25, -0.2) is 0 Å². The van der Waals surface area contributed by atoms with Crippen LogP contribution in [0.5, 0.6) is 5.75 Å². The molecule has 0 heterocycles. The number of likely N-dealkylation sites (N-methyl/N-ethyl adjacent to an activating group) is 1. The van der Waals surface area contributed by atoms with Gasteiger partial charge in [0.05, 0.1) is 13.2 Å². The van der Waals surface area contributed by atoms with Crippen LogP contribution in [-0.2, 0) is 4.79 Å². The van der Waals surface area contributed by atoms with Crippen LogP contribution < -0.4 is 4.74 Å². The van der Waals surface area contributed by atoms with Crippen molar-refractivity contribution in [2.24, 2.45) is 0 Å². The summed E-state index contributed by atoms with van der Waals surface area (Å²) in [5.74, 6) is 0.850. The summed E-state index contributed by atoms with van der Waals surface area (Å²) in [6.45, 7) is 5.85. The SMILES string of the molecule is COc1ccc([C@H](C)N(C)C(=O)C=C(C)C)cc1. The Morgan fingerprint density at radius 1 is 1.28 bits per heavy atom. The van der Waals surface area contributed by atoms with Gasteiger partial charge >= 0.3 is 0 Å². The minimum atomic E-state index is 0.0262. The van der Waals surface area contributed by atoms with Crippen LogP contribution in [0.3, 0.4) is 0 Å². The van der Waals surface area contributed by atoms with Gasteiger partial charge in [-0.1, -0.05) is 17.7 Å². The molecule has 0 fully saturated rings. The van der Waals surface area contributed by atoms with Crippen molar-refractivity contribution in [3.05, 3.63) is 41.5 Å². The Hall–Kier alpha value is -1.77. The molecular weight excluding hydrogens is 226 g/mol. The van der Waals surface area contributed by atoms with Gasteiger partial charge in [-0.15, -0.1) is 0 Å². The van der Waals surface area contributed by atoms with Crippen molar-refractivity contribution >= 4 is 5.91 Å². The lowest BCUT2D eigenvalue weighted by atomic mass is 10.1. The number of nitrogens with zero attached hydrogens (tertiary/aromatic N) is 1. The zero-order valence-corrected chi connectivity index (χ0v) is 11.7. The van der Waals surface area contributed by atoms with E-state index in [1.54, 1.807) is 18.1 Å². The first-order valence-corrected chi connectivity index (χ1v) is 6.01. The van der Waals surface area contributed by atoms with Gasteiger partial charge in [-0.3, -0.25) is 4.79 Å². The number of hydrogen-bond donors (Lipinski definition) is 0. The normalized spacial score (nSPS) is 11.6. The maximum Gasteiger partial charge on any atom is 0.246 e. The van der Waals surface area contributed by atoms with E-state index in [4.69, 9.17) is 4.74 Å². The molecule has 0 radical (unpaired) electrons. The summed E-state index contributed by atoms with van der Waals surface area (Å²) in [5, 5.41) is 0. The molecule has 0 spiro atoms. The predicted molar refractivity (Wildman–Crippen MR) is 73.6 cm³/mol. The van der Waals surface area contributed by atoms with Gasteiger partial charge in [0, 0.05) is 13.1 Å². The lowest BCUT2D eigenvalue weighted by Crippen LogP contribution is -2.28. The predicted octanol–water partition coefficient (Wildman–Crippen LogP) is 3.18. The molecule has 0 N–H and O–H groups in total. The average molecular weight is 247 g/mol. The summed E-state index contributed by atoms with van der Waals surface area (Å²) in [5.41, 5.74) is 2.10. The highest BCUT2D eigenvalue weighted by Crippen LogP contribution is 2.21. The molecule has 1 rings (SSSR count). The van der Waals surface area contributed by atoms with Gasteiger partial charge < -0.3 is 9.64 Å². The van der Waals surface area contributed by atoms with Crippen molar-refractivity contribution in [3.8, 4) is 5.75 Å². The smallest absolute Gasteiger partial charge is 0.246 e. The van der Waals surface area contributed by atoms with Gasteiger partial charge in [0.15, 0.2) is 0 Å². The quantitative estimate of drug-likeness (QED) is 0.765. The zero-order chi connectivity index (χ0) is 13.7. The summed E-state index contributed by atoms with van der Waals surface area (Å²) >= 11 is 0. The molecule has 0 aliphatic carbocycles. The third-order valence-electron chi connectivity index (χ3n) is 2.94. The summed E-state index contributed by atoms with van der Waals surface area (Å²) in [4.78, 5) is 13.6. The zero-order valence-electron chi connectivity index (χ0n) is 11.7. The lowest BCUT2D eigenvalue weighted by molar-refractivity contribution is -0.126. The van der Waals surface area contributed by atoms with E-state index in [1.165, 1.54) is 0 Å². The molecule has 0 saturated carbocycles. The number of carbonyl (C=O) groups excluding carboxylic acids is 1. The van der Waals surface area contributed by atoms with E-state index >= 15 is 0 Å². The summed E-state index contributed by atoms with van der Waals surface area (Å²) in [6, 6.07) is 7.82. The Balaban J connectivity index is 2.82. The van der Waals surface area contributed by atoms with Crippen LogP contribution >= 0.6 is 0 Å². The number of hydrogen-bond acceptors (Lipinski definition) is 2. The molecule has 0 aliphatic heterocycles. The highest BCUT2D eigenvalue weighted by molar-refractivity contribution is 5.88. The van der Waals surface area contributed by atoms with Crippen LogP contribution in [0.2, 0.25) is 0 Å². The third-order valence-corrected chi connectivity index (χ3v) is 2.94. The summed E-state index contributed by atoms with van der Waals surface area (Å²) < 4.78 is 5.12. The first kappa shape index (κ1) is 14.3. The second kappa shape index (κ2) is 6.24. The second-order valence-electron chi connectivity index (χ2n) is 4.62. The molecule has 3 heteroatoms. The first-order valence-electron chi connectivity index (χ1n) is 6.01. The number of carbonyl (C=O) groups is 1. The number of methoxy groups -OCH3 is 1. The molecule has 1 aromatic rings. The standard InChI is InChI=1S/C15H21NO2/c1-11(2)10-15(17)16(4)12(3)13-6-8-14(18-5)9-7-13/h6-10,12H,1-5H3/t12-/m0/s1. The fourth-order valence-electron chi connectivity index (χ4n) is 1.65. The van der Waals surface area contributed by atoms with Crippen LogP contribution in [0.25, 0.3) is 0 Å². The lowest BCUT2D eigenvalue weighted by Gasteiger charge is -2.24. The van der Waals surface area contributed by atoms with Crippen LogP contribution in [0.15, 0.2) is 35.9 Å². The molecule has 1 amide bonds. The number of ether oxygens (including phenoxy) is 1. The highest BCUT2D eigenvalue weighted by atomic mass is 16.5. The molecule has 0 saturated heterocycles. The van der Waals surface area contributed by atoms with Crippen molar-refractivity contribution in [2.75, 3.05) is 14.2 Å². The molecule has 0 aromatic heterocycles. The number of allylic oxidation sites excluding steroid dienone is 1. The first-order chi connectivity index (χ1) is 8.45. The van der Waals surface area contributed by atoms with Crippen LogP contribution in [0.4, 0.5) is 0 Å². The van der Waals surface area contributed by atoms with Crippen molar-refractivity contribution in [3.63, 3.8) is 0 Å². The van der Waals surface area contributed by atoms with Gasteiger partial charge in [-0.2, -0.15) is 0 Å². The molecule has 0 unspecified atom stereocenters. The van der Waals surface area contributed by atoms with E-state index in [2.05, 4.69) is 0 Å². The van der Waals surface area contributed by atoms with Crippen molar-refractivity contribution in [1.82, 2.24) is 4.90 Å². The Bertz CT molecular complexity index is 430. The van der Waals surface area contributed by atoms with Crippen LogP contribution in [-0.4, -0.2) is 25.0 Å². The molecule has 98 valence electrons. The highest BCUT2D eigenvalue weighted by Gasteiger charge is 2.15. The summed E-state index contributed by atoms with van der Waals surface area (Å²) in [6.07, 6.45) is 1.65. The molecule has 1 atom stereocenters. The molecule has 0 bridgehead atoms. The van der Waals surface area contributed by atoms with E-state index in [0.29, 0.717) is 0 Å². The van der Waals surface area contributed by atoms with Gasteiger partial charge in [0.1, 0.15) is 5.75 Å². The van der Waals surface area contributed by atoms with E-state index in [1.807, 2.05) is 52.1 Å². The topological polar surface area (TPSA) is 29.5 Å². The molecular formula is C15H21NO2. The van der Waals surface area contributed by atoms with Crippen LogP contribution in [0, 0.1) is 0 Å². The Kier molecular flexibility index (Phi) is 4.95. The molecule has 18 heavy (non-hydrogen) atoms. The van der Waals surface area contributed by atoms with Gasteiger partial charge in [0.2, 0.25) is 5.91 Å². The Morgan fingerprint density at radius 3 is 2.28 bits per heavy atom. The molecule has 3 nitrogen and oxygen atoms in total. The van der Waals surface area contributed by atoms with Crippen molar-refractivity contribution in [2.45, 2.75) is 26.8 Å². The third kappa shape index (κ3) is 3.62. The second-order valence-corrected chi connectivity index (χ2v) is 4.62. The molecule has 0 aliphatic rings. The average Bonchev–Trinajstić information content (AvgIpc) is 2.36. The van der Waals surface area contributed by atoms with E-state index < -0.39 is 0 Å². The fraction of sp³-hybridized carbons (Fsp3) is 0.400. The van der Waals surface area contributed by atoms with E-state index in [0.717, 1.165) is 16.9 Å². The minimum absolute atomic E-state index is 0.0262. The van der Waals surface area contributed by atoms with Gasteiger partial charge in [-0.05, 0) is 38.5 Å². The summed E-state index contributed by atoms with van der Waals surface area (Å²) in [7, 11) is 3.46. The van der Waals surface area contributed by atoms with Crippen LogP contribution in [0.1, 0.15) is 32.4 Å². The van der Waals surface area contributed by atoms with Gasteiger partial charge in [0.25, 0.3) is 0 Å². The maximum atomic E-state index is 11.9. The van der Waals surface area contributed by atoms with Crippen molar-refractivity contribution < 1.29 is 9.53 Å². The maximum absolute atomic E-state index is 11.9. The van der Waals surface area contributed by atoms with E-state index in [-0.39, 0.29) is 11.9 Å². The number of benzene rings is 1. The Morgan fingerprint density at radius 2 is 1.83 bits per heavy atom. The Labute approximate surface area is 109 Å².